The van der Waals surface area contributed by atoms with Gasteiger partial charge < -0.3 is 9.84 Å². The van der Waals surface area contributed by atoms with Crippen LogP contribution >= 0.6 is 0 Å². The Morgan fingerprint density at radius 3 is 2.86 bits per heavy atom. The summed E-state index contributed by atoms with van der Waals surface area (Å²) >= 11 is 0. The summed E-state index contributed by atoms with van der Waals surface area (Å²) in [6, 6.07) is 2.37. The number of aliphatic hydroxyl groups is 1. The molecule has 0 saturated carbocycles. The molecule has 0 atom stereocenters. The zero-order valence-corrected chi connectivity index (χ0v) is 7.60. The van der Waals surface area contributed by atoms with E-state index in [0.717, 1.165) is 0 Å². The van der Waals surface area contributed by atoms with E-state index in [-0.39, 0.29) is 37.5 Å². The molecule has 0 bridgehead atoms. The molecule has 0 unspecified atom stereocenters. The van der Waals surface area contributed by atoms with Crippen molar-refractivity contribution in [2.45, 2.75) is 6.54 Å². The van der Waals surface area contributed by atoms with E-state index in [2.05, 4.69) is 5.10 Å². The first kappa shape index (κ1) is 10.7. The van der Waals surface area contributed by atoms with Gasteiger partial charge in [-0.1, -0.05) is 0 Å². The van der Waals surface area contributed by atoms with E-state index in [1.54, 1.807) is 0 Å². The Labute approximate surface area is 79.7 Å². The molecule has 2 N–H and O–H groups in total. The van der Waals surface area contributed by atoms with Gasteiger partial charge in [-0.25, -0.2) is 4.68 Å². The number of aliphatic hydroxyl groups excluding tert-OH is 1. The highest BCUT2D eigenvalue weighted by Crippen LogP contribution is 1.77. The summed E-state index contributed by atoms with van der Waals surface area (Å²) in [6.07, 6.45) is 0. The number of nitrogens with zero attached hydrogens (tertiary/aromatic N) is 1. The number of ether oxygens (including phenoxy) is 1. The molecule has 1 rings (SSSR count). The predicted molar refractivity (Wildman–Crippen MR) is 49.2 cm³/mol. The number of rotatable bonds is 5. The molecule has 0 fully saturated rings. The Morgan fingerprint density at radius 1 is 1.36 bits per heavy atom. The molecule has 6 nitrogen and oxygen atoms in total. The number of nitrogens with one attached hydrogen (secondary N) is 1. The molecular formula is C8H12N2O4. The monoisotopic (exact) mass is 200 g/mol. The largest absolute Gasteiger partial charge is 0.394 e. The number of H-pyrrole nitrogens is 1. The highest BCUT2D eigenvalue weighted by Gasteiger charge is 1.95. The van der Waals surface area contributed by atoms with E-state index in [0.29, 0.717) is 0 Å². The van der Waals surface area contributed by atoms with Gasteiger partial charge in [0, 0.05) is 12.1 Å². The first-order valence-electron chi connectivity index (χ1n) is 4.23. The second-order valence-corrected chi connectivity index (χ2v) is 2.64. The number of hydrogen-bond donors (Lipinski definition) is 2. The molecule has 0 saturated heterocycles. The molecule has 0 aliphatic carbocycles. The lowest BCUT2D eigenvalue weighted by atomic mass is 10.5. The fourth-order valence-electron chi connectivity index (χ4n) is 0.951. The second-order valence-electron chi connectivity index (χ2n) is 2.64. The molecule has 0 radical (unpaired) electrons. The molecule has 1 aromatic heterocycles. The van der Waals surface area contributed by atoms with Crippen molar-refractivity contribution in [2.24, 2.45) is 0 Å². The molecule has 78 valence electrons. The minimum atomic E-state index is -0.327. The normalized spacial score (nSPS) is 10.4. The van der Waals surface area contributed by atoms with Crippen LogP contribution < -0.4 is 11.1 Å². The van der Waals surface area contributed by atoms with Crippen LogP contribution in [0.1, 0.15) is 0 Å². The van der Waals surface area contributed by atoms with Gasteiger partial charge in [0.05, 0.1) is 26.4 Å². The van der Waals surface area contributed by atoms with Crippen molar-refractivity contribution in [3.8, 4) is 0 Å². The van der Waals surface area contributed by atoms with Crippen LogP contribution in [0.2, 0.25) is 0 Å². The number of aromatic nitrogens is 2. The van der Waals surface area contributed by atoms with Crippen LogP contribution in [0.15, 0.2) is 21.7 Å². The summed E-state index contributed by atoms with van der Waals surface area (Å²) in [5.41, 5.74) is -0.607. The Balaban J connectivity index is 2.54. The molecular weight excluding hydrogens is 188 g/mol. The number of hydrogen-bond acceptors (Lipinski definition) is 4. The number of aromatic amines is 1. The minimum Gasteiger partial charge on any atom is -0.394 e. The summed E-state index contributed by atoms with van der Waals surface area (Å²) in [6.45, 7) is 0.724. The van der Waals surface area contributed by atoms with Gasteiger partial charge in [-0.2, -0.15) is 0 Å². The zero-order valence-electron chi connectivity index (χ0n) is 7.60. The van der Waals surface area contributed by atoms with Crippen molar-refractivity contribution in [1.29, 1.82) is 0 Å². The van der Waals surface area contributed by atoms with Crippen molar-refractivity contribution in [1.82, 2.24) is 9.78 Å². The topological polar surface area (TPSA) is 84.3 Å². The fourth-order valence-corrected chi connectivity index (χ4v) is 0.951. The maximum absolute atomic E-state index is 11.1. The Hall–Kier alpha value is -1.40. The highest BCUT2D eigenvalue weighted by molar-refractivity contribution is 4.85. The van der Waals surface area contributed by atoms with Crippen LogP contribution in [0.25, 0.3) is 0 Å². The van der Waals surface area contributed by atoms with E-state index < -0.39 is 0 Å². The molecule has 0 spiro atoms. The predicted octanol–water partition coefficient (Wildman–Crippen LogP) is -1.45. The quantitative estimate of drug-likeness (QED) is 0.569. The standard InChI is InChI=1S/C8H12N2O4/c11-4-6-14-5-3-10-8(13)2-1-7(12)9-10/h1-2,11H,3-6H2,(H,9,12). The molecule has 0 aliphatic heterocycles. The van der Waals surface area contributed by atoms with Crippen molar-refractivity contribution < 1.29 is 9.84 Å². The van der Waals surface area contributed by atoms with Crippen molar-refractivity contribution >= 4 is 0 Å². The third-order valence-electron chi connectivity index (χ3n) is 1.58. The van der Waals surface area contributed by atoms with E-state index in [1.807, 2.05) is 0 Å². The third-order valence-corrected chi connectivity index (χ3v) is 1.58. The lowest BCUT2D eigenvalue weighted by Crippen LogP contribution is -2.29. The van der Waals surface area contributed by atoms with Gasteiger partial charge in [0.25, 0.3) is 11.1 Å². The van der Waals surface area contributed by atoms with Crippen LogP contribution in [-0.2, 0) is 11.3 Å². The van der Waals surface area contributed by atoms with Gasteiger partial charge in [0.15, 0.2) is 0 Å². The minimum absolute atomic E-state index is 0.0553. The lowest BCUT2D eigenvalue weighted by Gasteiger charge is -2.04. The Bertz CT molecular complexity index is 381. The Kier molecular flexibility index (Phi) is 4.09. The van der Waals surface area contributed by atoms with Gasteiger partial charge in [0.2, 0.25) is 0 Å². The summed E-state index contributed by atoms with van der Waals surface area (Å²) in [5, 5.41) is 10.8. The summed E-state index contributed by atoms with van der Waals surface area (Å²) < 4.78 is 6.12. The van der Waals surface area contributed by atoms with Crippen LogP contribution in [0, 0.1) is 0 Å². The molecule has 0 aromatic carbocycles. The van der Waals surface area contributed by atoms with E-state index in [1.165, 1.54) is 16.8 Å². The van der Waals surface area contributed by atoms with E-state index >= 15 is 0 Å². The molecule has 1 aromatic rings. The van der Waals surface area contributed by atoms with Crippen LogP contribution in [-0.4, -0.2) is 34.7 Å². The van der Waals surface area contributed by atoms with Gasteiger partial charge >= 0.3 is 0 Å². The van der Waals surface area contributed by atoms with E-state index in [4.69, 9.17) is 9.84 Å². The van der Waals surface area contributed by atoms with Crippen molar-refractivity contribution in [3.05, 3.63) is 32.8 Å². The maximum Gasteiger partial charge on any atom is 0.265 e. The van der Waals surface area contributed by atoms with Crippen LogP contribution in [0.5, 0.6) is 0 Å². The fraction of sp³-hybridized carbons (Fsp3) is 0.500. The van der Waals surface area contributed by atoms with Gasteiger partial charge in [-0.05, 0) is 0 Å². The Morgan fingerprint density at radius 2 is 2.14 bits per heavy atom. The van der Waals surface area contributed by atoms with Gasteiger partial charge in [-0.15, -0.1) is 0 Å². The first-order valence-corrected chi connectivity index (χ1v) is 4.23. The molecule has 6 heteroatoms. The molecule has 14 heavy (non-hydrogen) atoms. The van der Waals surface area contributed by atoms with Gasteiger partial charge in [-0.3, -0.25) is 14.7 Å². The molecule has 0 aliphatic rings. The summed E-state index contributed by atoms with van der Waals surface area (Å²) in [4.78, 5) is 22.0. The average Bonchev–Trinajstić information content (AvgIpc) is 2.18. The third kappa shape index (κ3) is 3.15. The average molecular weight is 200 g/mol. The van der Waals surface area contributed by atoms with Crippen LogP contribution in [0.4, 0.5) is 0 Å². The smallest absolute Gasteiger partial charge is 0.265 e. The van der Waals surface area contributed by atoms with Crippen molar-refractivity contribution in [3.63, 3.8) is 0 Å². The second kappa shape index (κ2) is 5.36. The molecule has 0 amide bonds. The zero-order chi connectivity index (χ0) is 10.4. The van der Waals surface area contributed by atoms with Gasteiger partial charge in [0.1, 0.15) is 0 Å². The first-order chi connectivity index (χ1) is 6.74. The van der Waals surface area contributed by atoms with E-state index in [9.17, 15) is 9.59 Å². The lowest BCUT2D eigenvalue weighted by molar-refractivity contribution is 0.0846. The van der Waals surface area contributed by atoms with Crippen molar-refractivity contribution in [2.75, 3.05) is 19.8 Å². The summed E-state index contributed by atoms with van der Waals surface area (Å²) in [7, 11) is 0. The highest BCUT2D eigenvalue weighted by atomic mass is 16.5. The molecule has 1 heterocycles. The van der Waals surface area contributed by atoms with Crippen LogP contribution in [0.3, 0.4) is 0 Å². The SMILES string of the molecule is O=c1ccc(=O)n(CCOCCO)[nH]1. The maximum atomic E-state index is 11.1. The summed E-state index contributed by atoms with van der Waals surface area (Å²) in [5.74, 6) is 0.